The molecule has 10 heteroatoms. The van der Waals surface area contributed by atoms with Crippen molar-refractivity contribution in [1.82, 2.24) is 14.8 Å². The average Bonchev–Trinajstić information content (AvgIpc) is 3.14. The van der Waals surface area contributed by atoms with Crippen LogP contribution in [0.4, 0.5) is 0 Å². The number of piperazine rings is 1. The highest BCUT2D eigenvalue weighted by atomic mass is 32.2. The molecule has 0 radical (unpaired) electrons. The Hall–Kier alpha value is -2.77. The summed E-state index contributed by atoms with van der Waals surface area (Å²) in [5.41, 5.74) is 2.09. The fourth-order valence-corrected chi connectivity index (χ4v) is 5.91. The van der Waals surface area contributed by atoms with Crippen molar-refractivity contribution in [3.05, 3.63) is 35.4 Å². The maximum absolute atomic E-state index is 13.0. The number of nitriles is 1. The first-order valence-corrected chi connectivity index (χ1v) is 12.3. The van der Waals surface area contributed by atoms with Crippen molar-refractivity contribution in [3.63, 3.8) is 0 Å². The maximum Gasteiger partial charge on any atom is 0.270 e. The highest BCUT2D eigenvalue weighted by Gasteiger charge is 2.38. The van der Waals surface area contributed by atoms with Gasteiger partial charge in [0.1, 0.15) is 5.71 Å². The van der Waals surface area contributed by atoms with Crippen molar-refractivity contribution in [2.75, 3.05) is 37.7 Å². The summed E-state index contributed by atoms with van der Waals surface area (Å²) in [6, 6.07) is 9.15. The lowest BCUT2D eigenvalue weighted by Crippen LogP contribution is -2.51. The Kier molecular flexibility index (Phi) is 6.07. The molecule has 1 unspecified atom stereocenters. The molecule has 2 fully saturated rings. The third-order valence-corrected chi connectivity index (χ3v) is 7.76. The first-order valence-electron chi connectivity index (χ1n) is 10.5. The predicted molar refractivity (Wildman–Crippen MR) is 114 cm³/mol. The molecular weight excluding hydrogens is 418 g/mol. The number of hydrazone groups is 1. The lowest BCUT2D eigenvalue weighted by molar-refractivity contribution is -0.134. The van der Waals surface area contributed by atoms with E-state index in [0.29, 0.717) is 37.2 Å². The molecule has 1 atom stereocenters. The molecule has 3 aliphatic heterocycles. The zero-order chi connectivity index (χ0) is 22.0. The van der Waals surface area contributed by atoms with Crippen LogP contribution in [0.2, 0.25) is 0 Å². The molecule has 4 rings (SSSR count). The third-order valence-electron chi connectivity index (χ3n) is 6.01. The number of nitrogens with zero attached hydrogens (tertiary/aromatic N) is 5. The number of carbonyl (C=O) groups excluding carboxylic acids is 2. The van der Waals surface area contributed by atoms with Gasteiger partial charge >= 0.3 is 0 Å². The lowest BCUT2D eigenvalue weighted by atomic mass is 10.1. The first kappa shape index (κ1) is 21.5. The van der Waals surface area contributed by atoms with Gasteiger partial charge in [-0.25, -0.2) is 13.4 Å². The zero-order valence-corrected chi connectivity index (χ0v) is 18.1. The summed E-state index contributed by atoms with van der Waals surface area (Å²) in [6.07, 6.45) is 0.839. The average molecular weight is 444 g/mol. The van der Waals surface area contributed by atoms with Gasteiger partial charge in [-0.2, -0.15) is 10.4 Å². The first-order chi connectivity index (χ1) is 14.8. The molecule has 0 aliphatic carbocycles. The second-order valence-electron chi connectivity index (χ2n) is 8.22. The van der Waals surface area contributed by atoms with Gasteiger partial charge in [-0.15, -0.1) is 0 Å². The Morgan fingerprint density at radius 3 is 2.45 bits per heavy atom. The van der Waals surface area contributed by atoms with Gasteiger partial charge in [0.15, 0.2) is 9.84 Å². The molecule has 0 spiro atoms. The monoisotopic (exact) mass is 443 g/mol. The second kappa shape index (κ2) is 8.77. The summed E-state index contributed by atoms with van der Waals surface area (Å²) >= 11 is 0. The number of hydrogen-bond acceptors (Lipinski definition) is 7. The van der Waals surface area contributed by atoms with Crippen LogP contribution in [0.3, 0.4) is 0 Å². The van der Waals surface area contributed by atoms with Crippen molar-refractivity contribution in [3.8, 4) is 6.07 Å². The maximum atomic E-state index is 13.0. The minimum atomic E-state index is -3.14. The van der Waals surface area contributed by atoms with Crippen molar-refractivity contribution >= 4 is 27.4 Å². The summed E-state index contributed by atoms with van der Waals surface area (Å²) < 4.78 is 23.5. The van der Waals surface area contributed by atoms with Gasteiger partial charge in [-0.3, -0.25) is 14.5 Å². The molecule has 164 valence electrons. The number of sulfone groups is 1. The molecule has 2 saturated heterocycles. The Morgan fingerprint density at radius 1 is 1.13 bits per heavy atom. The summed E-state index contributed by atoms with van der Waals surface area (Å²) in [4.78, 5) is 29.3. The third kappa shape index (κ3) is 4.94. The van der Waals surface area contributed by atoms with Gasteiger partial charge in [0, 0.05) is 45.6 Å². The van der Waals surface area contributed by atoms with Crippen molar-refractivity contribution in [1.29, 1.82) is 5.26 Å². The van der Waals surface area contributed by atoms with Crippen LogP contribution in [-0.2, 0) is 26.0 Å². The molecule has 0 bridgehead atoms. The van der Waals surface area contributed by atoms with E-state index in [2.05, 4.69) is 16.1 Å². The van der Waals surface area contributed by atoms with Crippen molar-refractivity contribution < 1.29 is 18.0 Å². The SMILES string of the molecule is N#Cc1ccc(CN2CCN(C(=O)C3=NN(C4CCS(=O)(=O)C4)C(=O)CC3)CC2)cc1. The van der Waals surface area contributed by atoms with Crippen LogP contribution < -0.4 is 0 Å². The van der Waals surface area contributed by atoms with Crippen LogP contribution in [0.25, 0.3) is 0 Å². The van der Waals surface area contributed by atoms with E-state index in [1.165, 1.54) is 5.01 Å². The Balaban J connectivity index is 1.35. The van der Waals surface area contributed by atoms with E-state index in [1.807, 2.05) is 12.1 Å². The van der Waals surface area contributed by atoms with E-state index in [9.17, 15) is 18.0 Å². The fourth-order valence-electron chi connectivity index (χ4n) is 4.21. The molecule has 1 aromatic rings. The molecule has 9 nitrogen and oxygen atoms in total. The Bertz CT molecular complexity index is 1040. The molecule has 0 saturated carbocycles. The molecule has 31 heavy (non-hydrogen) atoms. The topological polar surface area (TPSA) is 114 Å². The minimum Gasteiger partial charge on any atom is -0.335 e. The van der Waals surface area contributed by atoms with E-state index >= 15 is 0 Å². The van der Waals surface area contributed by atoms with E-state index < -0.39 is 15.9 Å². The van der Waals surface area contributed by atoms with Gasteiger partial charge in [-0.05, 0) is 24.1 Å². The Morgan fingerprint density at radius 2 is 1.84 bits per heavy atom. The lowest BCUT2D eigenvalue weighted by Gasteiger charge is -2.36. The molecule has 0 aromatic heterocycles. The van der Waals surface area contributed by atoms with Crippen LogP contribution in [0.15, 0.2) is 29.4 Å². The van der Waals surface area contributed by atoms with E-state index in [1.54, 1.807) is 17.0 Å². The van der Waals surface area contributed by atoms with Crippen molar-refractivity contribution in [2.45, 2.75) is 31.8 Å². The van der Waals surface area contributed by atoms with Crippen LogP contribution in [0.5, 0.6) is 0 Å². The normalized spacial score (nSPS) is 24.0. The number of benzene rings is 1. The number of hydrogen-bond donors (Lipinski definition) is 0. The van der Waals surface area contributed by atoms with Crippen LogP contribution in [0.1, 0.15) is 30.4 Å². The molecule has 1 aromatic carbocycles. The highest BCUT2D eigenvalue weighted by molar-refractivity contribution is 7.91. The van der Waals surface area contributed by atoms with Gasteiger partial charge < -0.3 is 4.90 Å². The second-order valence-corrected chi connectivity index (χ2v) is 10.4. The quantitative estimate of drug-likeness (QED) is 0.664. The minimum absolute atomic E-state index is 0.0570. The van der Waals surface area contributed by atoms with Gasteiger partial charge in [-0.1, -0.05) is 12.1 Å². The highest BCUT2D eigenvalue weighted by Crippen LogP contribution is 2.23. The summed E-state index contributed by atoms with van der Waals surface area (Å²) in [5, 5.41) is 14.4. The molecule has 3 aliphatic rings. The summed E-state index contributed by atoms with van der Waals surface area (Å²) in [5.74, 6) is -0.415. The van der Waals surface area contributed by atoms with Gasteiger partial charge in [0.05, 0.1) is 29.2 Å². The van der Waals surface area contributed by atoms with Crippen LogP contribution in [-0.4, -0.2) is 84.5 Å². The molecule has 0 N–H and O–H groups in total. The number of carbonyl (C=O) groups is 2. The smallest absolute Gasteiger partial charge is 0.270 e. The molecule has 3 heterocycles. The van der Waals surface area contributed by atoms with Crippen LogP contribution >= 0.6 is 0 Å². The fraction of sp³-hybridized carbons (Fsp3) is 0.524. The van der Waals surface area contributed by atoms with E-state index in [-0.39, 0.29) is 29.7 Å². The number of amides is 2. The van der Waals surface area contributed by atoms with E-state index in [0.717, 1.165) is 25.2 Å². The van der Waals surface area contributed by atoms with Gasteiger partial charge in [0.2, 0.25) is 5.91 Å². The predicted octanol–water partition coefficient (Wildman–Crippen LogP) is 0.368. The zero-order valence-electron chi connectivity index (χ0n) is 17.2. The van der Waals surface area contributed by atoms with Crippen molar-refractivity contribution in [2.24, 2.45) is 5.10 Å². The summed E-state index contributed by atoms with van der Waals surface area (Å²) in [6.45, 7) is 3.35. The molecular formula is C21H25N5O4S. The Labute approximate surface area is 181 Å². The molecule has 2 amide bonds. The van der Waals surface area contributed by atoms with E-state index in [4.69, 9.17) is 5.26 Å². The summed E-state index contributed by atoms with van der Waals surface area (Å²) in [7, 11) is -3.14. The van der Waals surface area contributed by atoms with Crippen LogP contribution in [0, 0.1) is 11.3 Å². The largest absolute Gasteiger partial charge is 0.335 e. The number of rotatable bonds is 4. The van der Waals surface area contributed by atoms with Gasteiger partial charge in [0.25, 0.3) is 5.91 Å². The standard InChI is InChI=1S/C21H25N5O4S/c22-13-16-1-3-17(4-2-16)14-24-8-10-25(11-9-24)21(28)19-5-6-20(27)26(23-19)18-7-12-31(29,30)15-18/h1-4,18H,5-12,14-15H2.